The lowest BCUT2D eigenvalue weighted by atomic mass is 10.2. The third kappa shape index (κ3) is 3.81. The minimum absolute atomic E-state index is 0.100. The van der Waals surface area contributed by atoms with E-state index in [9.17, 15) is 8.78 Å². The third-order valence-corrected chi connectivity index (χ3v) is 4.43. The van der Waals surface area contributed by atoms with Crippen molar-refractivity contribution in [1.82, 2.24) is 5.32 Å². The quantitative estimate of drug-likeness (QED) is 0.612. The van der Waals surface area contributed by atoms with Crippen molar-refractivity contribution in [3.05, 3.63) is 63.6 Å². The summed E-state index contributed by atoms with van der Waals surface area (Å²) in [6.45, 7) is 0.772. The molecule has 0 saturated carbocycles. The van der Waals surface area contributed by atoms with Crippen LogP contribution in [0.25, 0.3) is 0 Å². The van der Waals surface area contributed by atoms with Crippen LogP contribution in [0.5, 0.6) is 0 Å². The fourth-order valence-corrected chi connectivity index (χ4v) is 3.16. The van der Waals surface area contributed by atoms with E-state index >= 15 is 0 Å². The molecular weight excluding hydrogens is 344 g/mol. The van der Waals surface area contributed by atoms with Crippen LogP contribution < -0.4 is 5.32 Å². The summed E-state index contributed by atoms with van der Waals surface area (Å²) >= 11 is 4.50. The summed E-state index contributed by atoms with van der Waals surface area (Å²) in [4.78, 5) is 0.997. The van der Waals surface area contributed by atoms with Crippen molar-refractivity contribution < 1.29 is 8.78 Å². The number of hydrogen-bond donors (Lipinski definition) is 1. The Hall–Kier alpha value is -0.910. The molecule has 0 unspecified atom stereocenters. The summed E-state index contributed by atoms with van der Waals surface area (Å²) < 4.78 is 27.8. The van der Waals surface area contributed by atoms with Crippen LogP contribution in [-0.2, 0) is 12.3 Å². The molecule has 2 aromatic rings. The van der Waals surface area contributed by atoms with Crippen molar-refractivity contribution in [3.63, 3.8) is 0 Å². The van der Waals surface area contributed by atoms with Crippen LogP contribution in [0.1, 0.15) is 11.1 Å². The third-order valence-electron chi connectivity index (χ3n) is 2.80. The second-order valence-electron chi connectivity index (χ2n) is 4.29. The van der Waals surface area contributed by atoms with Gasteiger partial charge in [0.15, 0.2) is 0 Å². The highest BCUT2D eigenvalue weighted by Crippen LogP contribution is 2.29. The van der Waals surface area contributed by atoms with E-state index in [1.807, 2.05) is 31.3 Å². The molecular formula is C15H14BrF2NS. The van der Waals surface area contributed by atoms with Crippen molar-refractivity contribution in [2.75, 3.05) is 7.05 Å². The first-order chi connectivity index (χ1) is 9.61. The Kier molecular flexibility index (Phi) is 5.57. The van der Waals surface area contributed by atoms with Gasteiger partial charge in [0.1, 0.15) is 11.6 Å². The van der Waals surface area contributed by atoms with Crippen LogP contribution in [0, 0.1) is 11.6 Å². The molecule has 2 rings (SSSR count). The Morgan fingerprint density at radius 1 is 1.20 bits per heavy atom. The maximum atomic E-state index is 13.9. The Morgan fingerprint density at radius 3 is 2.75 bits per heavy atom. The molecule has 0 radical (unpaired) electrons. The minimum Gasteiger partial charge on any atom is -0.316 e. The molecule has 20 heavy (non-hydrogen) atoms. The molecule has 0 aromatic heterocycles. The van der Waals surface area contributed by atoms with E-state index in [-0.39, 0.29) is 11.3 Å². The van der Waals surface area contributed by atoms with E-state index in [2.05, 4.69) is 21.2 Å². The van der Waals surface area contributed by atoms with Gasteiger partial charge in [-0.2, -0.15) is 0 Å². The predicted molar refractivity (Wildman–Crippen MR) is 82.8 cm³/mol. The Bertz CT molecular complexity index is 604. The second kappa shape index (κ2) is 7.20. The fourth-order valence-electron chi connectivity index (χ4n) is 1.81. The number of nitrogens with one attached hydrogen (secondary N) is 1. The Labute approximate surface area is 129 Å². The minimum atomic E-state index is -0.524. The normalized spacial score (nSPS) is 10.8. The summed E-state index contributed by atoms with van der Waals surface area (Å²) in [5.41, 5.74) is 1.25. The molecule has 0 atom stereocenters. The summed E-state index contributed by atoms with van der Waals surface area (Å²) in [5, 5.41) is 3.08. The molecule has 2 aromatic carbocycles. The molecule has 0 amide bonds. The molecule has 5 heteroatoms. The maximum absolute atomic E-state index is 13.9. The van der Waals surface area contributed by atoms with Crippen LogP contribution >= 0.6 is 27.7 Å². The average Bonchev–Trinajstić information content (AvgIpc) is 2.44. The Balaban J connectivity index is 2.13. The van der Waals surface area contributed by atoms with Crippen LogP contribution in [0.15, 0.2) is 45.8 Å². The molecule has 0 aliphatic heterocycles. The van der Waals surface area contributed by atoms with Gasteiger partial charge in [-0.05, 0) is 52.8 Å². The van der Waals surface area contributed by atoms with Gasteiger partial charge >= 0.3 is 0 Å². The Morgan fingerprint density at radius 2 is 2.00 bits per heavy atom. The highest BCUT2D eigenvalue weighted by atomic mass is 79.9. The van der Waals surface area contributed by atoms with E-state index in [1.165, 1.54) is 23.9 Å². The smallest absolute Gasteiger partial charge is 0.144 e. The van der Waals surface area contributed by atoms with Crippen molar-refractivity contribution >= 4 is 27.7 Å². The van der Waals surface area contributed by atoms with Gasteiger partial charge < -0.3 is 5.32 Å². The number of halogens is 3. The van der Waals surface area contributed by atoms with Gasteiger partial charge in [-0.3, -0.25) is 0 Å². The van der Waals surface area contributed by atoms with Crippen LogP contribution in [-0.4, -0.2) is 7.05 Å². The van der Waals surface area contributed by atoms with E-state index in [0.717, 1.165) is 17.0 Å². The van der Waals surface area contributed by atoms with E-state index < -0.39 is 11.6 Å². The van der Waals surface area contributed by atoms with Gasteiger partial charge in [0.2, 0.25) is 0 Å². The summed E-state index contributed by atoms with van der Waals surface area (Å²) in [7, 11) is 1.88. The molecule has 0 fully saturated rings. The highest BCUT2D eigenvalue weighted by Gasteiger charge is 2.12. The van der Waals surface area contributed by atoms with Crippen molar-refractivity contribution in [2.24, 2.45) is 0 Å². The maximum Gasteiger partial charge on any atom is 0.144 e. The lowest BCUT2D eigenvalue weighted by molar-refractivity contribution is 0.562. The molecule has 106 valence electrons. The number of thioether (sulfide) groups is 1. The highest BCUT2D eigenvalue weighted by molar-refractivity contribution is 9.10. The second-order valence-corrected chi connectivity index (χ2v) is 6.19. The molecule has 0 saturated heterocycles. The molecule has 1 nitrogen and oxygen atoms in total. The summed E-state index contributed by atoms with van der Waals surface area (Å²) in [5.74, 6) is -0.770. The van der Waals surface area contributed by atoms with Gasteiger partial charge in [0, 0.05) is 22.8 Å². The number of hydrogen-bond acceptors (Lipinski definition) is 2. The van der Waals surface area contributed by atoms with Gasteiger partial charge in [-0.1, -0.05) is 12.1 Å². The average molecular weight is 358 g/mol. The van der Waals surface area contributed by atoms with Crippen molar-refractivity contribution in [2.45, 2.75) is 17.2 Å². The molecule has 0 bridgehead atoms. The zero-order valence-electron chi connectivity index (χ0n) is 10.9. The van der Waals surface area contributed by atoms with Crippen molar-refractivity contribution in [1.29, 1.82) is 0 Å². The lowest BCUT2D eigenvalue weighted by Crippen LogP contribution is -2.04. The van der Waals surface area contributed by atoms with Crippen LogP contribution in [0.3, 0.4) is 0 Å². The SMILES string of the molecule is CNCc1cccc(SCc2c(F)ccc(Br)c2F)c1. The first-order valence-electron chi connectivity index (χ1n) is 6.10. The summed E-state index contributed by atoms with van der Waals surface area (Å²) in [6.07, 6.45) is 0. The first-order valence-corrected chi connectivity index (χ1v) is 7.88. The van der Waals surface area contributed by atoms with Crippen molar-refractivity contribution in [3.8, 4) is 0 Å². The van der Waals surface area contributed by atoms with Gasteiger partial charge in [-0.25, -0.2) is 8.78 Å². The van der Waals surface area contributed by atoms with E-state index in [0.29, 0.717) is 4.47 Å². The molecule has 0 aliphatic carbocycles. The predicted octanol–water partition coefficient (Wildman–Crippen LogP) is 4.74. The molecule has 0 aliphatic rings. The topological polar surface area (TPSA) is 12.0 Å². The zero-order chi connectivity index (χ0) is 14.5. The molecule has 1 N–H and O–H groups in total. The van der Waals surface area contributed by atoms with Gasteiger partial charge in [0.05, 0.1) is 4.47 Å². The van der Waals surface area contributed by atoms with E-state index in [1.54, 1.807) is 0 Å². The van der Waals surface area contributed by atoms with E-state index in [4.69, 9.17) is 0 Å². The number of benzene rings is 2. The summed E-state index contributed by atoms with van der Waals surface area (Å²) in [6, 6.07) is 10.6. The standard InChI is InChI=1S/C15H14BrF2NS/c1-19-8-10-3-2-4-11(7-10)20-9-12-14(17)6-5-13(16)15(12)18/h2-7,19H,8-9H2,1H3. The van der Waals surface area contributed by atoms with Gasteiger partial charge in [-0.15, -0.1) is 11.8 Å². The molecule has 0 heterocycles. The zero-order valence-corrected chi connectivity index (χ0v) is 13.3. The van der Waals surface area contributed by atoms with Crippen LogP contribution in [0.2, 0.25) is 0 Å². The fraction of sp³-hybridized carbons (Fsp3) is 0.200. The number of rotatable bonds is 5. The molecule has 0 spiro atoms. The monoisotopic (exact) mass is 357 g/mol. The van der Waals surface area contributed by atoms with Crippen LogP contribution in [0.4, 0.5) is 8.78 Å². The first kappa shape index (κ1) is 15.5. The van der Waals surface area contributed by atoms with Gasteiger partial charge in [0.25, 0.3) is 0 Å². The lowest BCUT2D eigenvalue weighted by Gasteiger charge is -2.08. The largest absolute Gasteiger partial charge is 0.316 e.